The number of halogens is 2. The van der Waals surface area contributed by atoms with Gasteiger partial charge < -0.3 is 5.32 Å². The molecule has 8 heteroatoms. The minimum atomic E-state index is -0.183. The van der Waals surface area contributed by atoms with Crippen LogP contribution in [-0.2, 0) is 6.54 Å². The molecule has 0 amide bonds. The molecule has 0 saturated carbocycles. The number of rotatable bonds is 4. The number of hydrogen-bond donors (Lipinski definition) is 1. The summed E-state index contributed by atoms with van der Waals surface area (Å²) in [5, 5.41) is 9.12. The number of aryl methyl sites for hydroxylation is 1. The summed E-state index contributed by atoms with van der Waals surface area (Å²) >= 11 is 1.63. The van der Waals surface area contributed by atoms with Crippen LogP contribution in [0.15, 0.2) is 24.3 Å². The molecule has 1 atom stereocenters. The Balaban J connectivity index is 0.00000210. The van der Waals surface area contributed by atoms with Crippen LogP contribution in [0.25, 0.3) is 4.96 Å². The van der Waals surface area contributed by atoms with Crippen molar-refractivity contribution in [2.75, 3.05) is 19.6 Å². The van der Waals surface area contributed by atoms with Gasteiger partial charge in [-0.2, -0.15) is 5.10 Å². The first-order chi connectivity index (χ1) is 12.5. The van der Waals surface area contributed by atoms with Gasteiger partial charge in [0.05, 0.1) is 11.4 Å². The molecule has 0 aliphatic carbocycles. The Labute approximate surface area is 169 Å². The Kier molecular flexibility index (Phi) is 6.15. The third-order valence-corrected chi connectivity index (χ3v) is 5.74. The molecule has 1 aromatic carbocycles. The van der Waals surface area contributed by atoms with Crippen molar-refractivity contribution in [2.24, 2.45) is 0 Å². The molecule has 3 aromatic rings. The zero-order valence-electron chi connectivity index (χ0n) is 15.8. The largest absolute Gasteiger partial charge is 0.314 e. The zero-order chi connectivity index (χ0) is 18.3. The molecule has 27 heavy (non-hydrogen) atoms. The fourth-order valence-electron chi connectivity index (χ4n) is 3.68. The summed E-state index contributed by atoms with van der Waals surface area (Å²) in [7, 11) is 0. The molecular weight excluding hydrogens is 385 g/mol. The molecule has 0 spiro atoms. The van der Waals surface area contributed by atoms with Gasteiger partial charge in [-0.05, 0) is 30.5 Å². The number of piperazine rings is 1. The van der Waals surface area contributed by atoms with Crippen LogP contribution in [0.3, 0.4) is 0 Å². The van der Waals surface area contributed by atoms with Gasteiger partial charge >= 0.3 is 0 Å². The highest BCUT2D eigenvalue weighted by Crippen LogP contribution is 2.29. The first kappa shape index (κ1) is 20.2. The maximum absolute atomic E-state index is 13.7. The van der Waals surface area contributed by atoms with Gasteiger partial charge in [0.15, 0.2) is 0 Å². The second kappa shape index (κ2) is 8.22. The SMILES string of the molecule is Cc1nn2c(CN3CCNCC3c3cccc(F)c3)c(C(C)C)nc2s1.Cl. The van der Waals surface area contributed by atoms with Crippen molar-refractivity contribution in [1.29, 1.82) is 0 Å². The highest BCUT2D eigenvalue weighted by molar-refractivity contribution is 7.16. The van der Waals surface area contributed by atoms with Gasteiger partial charge in [-0.15, -0.1) is 12.4 Å². The maximum Gasteiger partial charge on any atom is 0.212 e. The summed E-state index contributed by atoms with van der Waals surface area (Å²) in [5.74, 6) is 0.160. The lowest BCUT2D eigenvalue weighted by molar-refractivity contribution is 0.150. The monoisotopic (exact) mass is 409 g/mol. The van der Waals surface area contributed by atoms with Crippen LogP contribution in [0.1, 0.15) is 47.8 Å². The smallest absolute Gasteiger partial charge is 0.212 e. The Morgan fingerprint density at radius 3 is 2.93 bits per heavy atom. The van der Waals surface area contributed by atoms with Crippen molar-refractivity contribution in [3.05, 3.63) is 52.0 Å². The lowest BCUT2D eigenvalue weighted by Gasteiger charge is -2.36. The van der Waals surface area contributed by atoms with Gasteiger partial charge in [0.2, 0.25) is 4.96 Å². The van der Waals surface area contributed by atoms with Crippen molar-refractivity contribution < 1.29 is 4.39 Å². The molecule has 0 radical (unpaired) electrons. The summed E-state index contributed by atoms with van der Waals surface area (Å²) in [6.07, 6.45) is 0. The predicted molar refractivity (Wildman–Crippen MR) is 109 cm³/mol. The van der Waals surface area contributed by atoms with Crippen LogP contribution < -0.4 is 5.32 Å². The molecule has 3 heterocycles. The summed E-state index contributed by atoms with van der Waals surface area (Å²) < 4.78 is 15.7. The maximum atomic E-state index is 13.7. The molecule has 4 rings (SSSR count). The molecule has 146 valence electrons. The fourth-order valence-corrected chi connectivity index (χ4v) is 4.45. The van der Waals surface area contributed by atoms with Crippen LogP contribution in [0.2, 0.25) is 0 Å². The van der Waals surface area contributed by atoms with E-state index in [1.807, 2.05) is 17.5 Å². The van der Waals surface area contributed by atoms with Crippen molar-refractivity contribution in [3.8, 4) is 0 Å². The lowest BCUT2D eigenvalue weighted by atomic mass is 10.0. The normalized spacial score (nSPS) is 18.2. The third kappa shape index (κ3) is 4.01. The van der Waals surface area contributed by atoms with Crippen LogP contribution in [0, 0.1) is 12.7 Å². The van der Waals surface area contributed by atoms with E-state index in [-0.39, 0.29) is 24.3 Å². The van der Waals surface area contributed by atoms with Gasteiger partial charge in [-0.25, -0.2) is 13.9 Å². The summed E-state index contributed by atoms with van der Waals surface area (Å²) in [5.41, 5.74) is 3.28. The van der Waals surface area contributed by atoms with Gasteiger partial charge in [0.1, 0.15) is 10.8 Å². The van der Waals surface area contributed by atoms with E-state index in [0.29, 0.717) is 5.92 Å². The van der Waals surface area contributed by atoms with E-state index in [2.05, 4.69) is 29.2 Å². The average Bonchev–Trinajstić information content (AvgIpc) is 3.13. The van der Waals surface area contributed by atoms with Crippen molar-refractivity contribution in [2.45, 2.75) is 39.3 Å². The second-order valence-corrected chi connectivity index (χ2v) is 8.32. The van der Waals surface area contributed by atoms with E-state index in [4.69, 9.17) is 4.98 Å². The Bertz CT molecular complexity index is 922. The lowest BCUT2D eigenvalue weighted by Crippen LogP contribution is -2.45. The number of nitrogens with zero attached hydrogens (tertiary/aromatic N) is 4. The Hall–Kier alpha value is -1.54. The minimum Gasteiger partial charge on any atom is -0.314 e. The molecule has 5 nitrogen and oxygen atoms in total. The van der Waals surface area contributed by atoms with Gasteiger partial charge in [-0.3, -0.25) is 4.90 Å². The van der Waals surface area contributed by atoms with Crippen LogP contribution in [-0.4, -0.2) is 39.1 Å². The molecule has 1 unspecified atom stereocenters. The number of fused-ring (bicyclic) bond motifs is 1. The van der Waals surface area contributed by atoms with E-state index in [9.17, 15) is 4.39 Å². The summed E-state index contributed by atoms with van der Waals surface area (Å²) in [6.45, 7) is 9.78. The van der Waals surface area contributed by atoms with Gasteiger partial charge in [0, 0.05) is 32.2 Å². The number of imidazole rings is 1. The molecule has 0 bridgehead atoms. The summed E-state index contributed by atoms with van der Waals surface area (Å²) in [4.78, 5) is 8.20. The van der Waals surface area contributed by atoms with Gasteiger partial charge in [-0.1, -0.05) is 37.3 Å². The number of nitrogens with one attached hydrogen (secondary N) is 1. The van der Waals surface area contributed by atoms with Crippen molar-refractivity contribution in [1.82, 2.24) is 24.8 Å². The van der Waals surface area contributed by atoms with E-state index >= 15 is 0 Å². The summed E-state index contributed by atoms with van der Waals surface area (Å²) in [6, 6.07) is 7.09. The topological polar surface area (TPSA) is 45.5 Å². The average molecular weight is 410 g/mol. The quantitative estimate of drug-likeness (QED) is 0.709. The molecule has 2 aromatic heterocycles. The van der Waals surface area contributed by atoms with E-state index in [1.165, 1.54) is 6.07 Å². The molecular formula is C19H25ClFN5S. The highest BCUT2D eigenvalue weighted by atomic mass is 35.5. The van der Waals surface area contributed by atoms with Crippen LogP contribution in [0.5, 0.6) is 0 Å². The van der Waals surface area contributed by atoms with Crippen LogP contribution in [0.4, 0.5) is 4.39 Å². The van der Waals surface area contributed by atoms with E-state index < -0.39 is 0 Å². The number of aromatic nitrogens is 3. The van der Waals surface area contributed by atoms with Crippen LogP contribution >= 0.6 is 23.7 Å². The van der Waals surface area contributed by atoms with E-state index in [1.54, 1.807) is 23.5 Å². The first-order valence-corrected chi connectivity index (χ1v) is 9.89. The highest BCUT2D eigenvalue weighted by Gasteiger charge is 2.27. The zero-order valence-corrected chi connectivity index (χ0v) is 17.4. The molecule has 1 aliphatic rings. The molecule has 1 fully saturated rings. The molecule has 1 aliphatic heterocycles. The standard InChI is InChI=1S/C19H24FN5S.ClH/c1-12(2)18-17(25-19(22-18)26-13(3)23-25)11-24-8-7-21-10-16(24)14-5-4-6-15(20)9-14;/h4-6,9,12,16,21H,7-8,10-11H2,1-3H3;1H. The molecule has 1 saturated heterocycles. The Morgan fingerprint density at radius 2 is 2.19 bits per heavy atom. The van der Waals surface area contributed by atoms with Crippen molar-refractivity contribution in [3.63, 3.8) is 0 Å². The second-order valence-electron chi connectivity index (χ2n) is 7.16. The predicted octanol–water partition coefficient (Wildman–Crippen LogP) is 3.93. The fraction of sp³-hybridized carbons (Fsp3) is 0.474. The Morgan fingerprint density at radius 1 is 1.37 bits per heavy atom. The minimum absolute atomic E-state index is 0. The van der Waals surface area contributed by atoms with Gasteiger partial charge in [0.25, 0.3) is 0 Å². The number of hydrogen-bond acceptors (Lipinski definition) is 5. The first-order valence-electron chi connectivity index (χ1n) is 9.08. The number of benzene rings is 1. The molecule has 1 N–H and O–H groups in total. The van der Waals surface area contributed by atoms with Crippen molar-refractivity contribution >= 4 is 28.7 Å². The van der Waals surface area contributed by atoms with E-state index in [0.717, 1.165) is 53.1 Å². The third-order valence-electron chi connectivity index (χ3n) is 4.92.